The van der Waals surface area contributed by atoms with E-state index in [2.05, 4.69) is 88.9 Å². The lowest BCUT2D eigenvalue weighted by atomic mass is 10.2. The Morgan fingerprint density at radius 3 is 2.40 bits per heavy atom. The van der Waals surface area contributed by atoms with Crippen LogP contribution in [0, 0.1) is 0 Å². The molecule has 2 aromatic carbocycles. The van der Waals surface area contributed by atoms with Crippen molar-refractivity contribution in [2.24, 2.45) is 7.05 Å². The third-order valence-corrected chi connectivity index (χ3v) is 3.88. The number of hydrogen-bond donors (Lipinski definition) is 0. The predicted octanol–water partition coefficient (Wildman–Crippen LogP) is 3.58. The Labute approximate surface area is 117 Å². The zero-order valence-electron chi connectivity index (χ0n) is 11.3. The van der Waals surface area contributed by atoms with Crippen molar-refractivity contribution in [2.45, 2.75) is 0 Å². The highest BCUT2D eigenvalue weighted by atomic mass is 15.1. The molecule has 0 N–H and O–H groups in total. The maximum atomic E-state index is 2.26. The molecule has 4 aromatic rings. The van der Waals surface area contributed by atoms with Gasteiger partial charge in [0.25, 0.3) is 5.65 Å². The Balaban J connectivity index is 2.10. The topological polar surface area (TPSA) is 9.03 Å². The van der Waals surface area contributed by atoms with Crippen molar-refractivity contribution in [2.75, 3.05) is 0 Å². The number of pyridine rings is 1. The first-order valence-electron chi connectivity index (χ1n) is 6.79. The van der Waals surface area contributed by atoms with Gasteiger partial charge in [0, 0.05) is 17.0 Å². The van der Waals surface area contributed by atoms with Crippen LogP contribution in [0.1, 0.15) is 0 Å². The summed E-state index contributed by atoms with van der Waals surface area (Å²) in [4.78, 5) is 0. The van der Waals surface area contributed by atoms with Crippen molar-refractivity contribution in [3.05, 3.63) is 72.9 Å². The summed E-state index contributed by atoms with van der Waals surface area (Å²) in [6.07, 6.45) is 2.22. The lowest BCUT2D eigenvalue weighted by molar-refractivity contribution is -0.479. The van der Waals surface area contributed by atoms with E-state index in [9.17, 15) is 0 Å². The monoisotopic (exact) mass is 259 g/mol. The minimum absolute atomic E-state index is 1.20. The van der Waals surface area contributed by atoms with E-state index in [1.807, 2.05) is 0 Å². The van der Waals surface area contributed by atoms with Crippen molar-refractivity contribution in [3.63, 3.8) is 0 Å². The second kappa shape index (κ2) is 4.20. The van der Waals surface area contributed by atoms with E-state index in [0.29, 0.717) is 0 Å². The maximum absolute atomic E-state index is 2.26. The van der Waals surface area contributed by atoms with E-state index in [1.165, 1.54) is 27.8 Å². The van der Waals surface area contributed by atoms with Crippen LogP contribution in [0.4, 0.5) is 0 Å². The van der Waals surface area contributed by atoms with Gasteiger partial charge < -0.3 is 0 Å². The van der Waals surface area contributed by atoms with Crippen LogP contribution >= 0.6 is 0 Å². The molecule has 2 heterocycles. The molecule has 0 aliphatic heterocycles. The van der Waals surface area contributed by atoms with Crippen molar-refractivity contribution in [1.82, 2.24) is 4.57 Å². The second-order valence-electron chi connectivity index (χ2n) is 5.06. The number of fused-ring (bicyclic) bond motifs is 3. The molecule has 96 valence electrons. The highest BCUT2D eigenvalue weighted by Crippen LogP contribution is 2.21. The number of benzene rings is 2. The zero-order chi connectivity index (χ0) is 13.5. The van der Waals surface area contributed by atoms with Gasteiger partial charge in [0.15, 0.2) is 5.69 Å². The van der Waals surface area contributed by atoms with E-state index in [0.717, 1.165) is 0 Å². The molecule has 2 nitrogen and oxygen atoms in total. The Morgan fingerprint density at radius 1 is 0.800 bits per heavy atom. The average Bonchev–Trinajstić information content (AvgIpc) is 2.86. The van der Waals surface area contributed by atoms with Gasteiger partial charge in [0.2, 0.25) is 0 Å². The summed E-state index contributed by atoms with van der Waals surface area (Å²) in [5.41, 5.74) is 4.90. The van der Waals surface area contributed by atoms with Gasteiger partial charge in [-0.2, -0.15) is 4.40 Å². The molecule has 0 aliphatic carbocycles. The van der Waals surface area contributed by atoms with Crippen molar-refractivity contribution < 1.29 is 4.40 Å². The Hall–Kier alpha value is -2.61. The van der Waals surface area contributed by atoms with Gasteiger partial charge in [-0.3, -0.25) is 0 Å². The molecule has 0 aliphatic rings. The van der Waals surface area contributed by atoms with Crippen molar-refractivity contribution in [1.29, 1.82) is 0 Å². The standard InChI is InChI=1S/C18H15N2/c1-19-17(14-7-3-2-4-8-14)13-20-16-10-6-5-9-15(16)11-12-18(19)20/h2-13H,1H3/q+1. The van der Waals surface area contributed by atoms with E-state index < -0.39 is 0 Å². The Morgan fingerprint density at radius 2 is 1.55 bits per heavy atom. The van der Waals surface area contributed by atoms with Gasteiger partial charge >= 0.3 is 0 Å². The molecule has 0 saturated heterocycles. The predicted molar refractivity (Wildman–Crippen MR) is 81.5 cm³/mol. The highest BCUT2D eigenvalue weighted by Gasteiger charge is 2.17. The number of aryl methyl sites for hydroxylation is 1. The lowest BCUT2D eigenvalue weighted by Gasteiger charge is -1.96. The minimum atomic E-state index is 1.20. The molecule has 0 unspecified atom stereocenters. The molecule has 4 rings (SSSR count). The first-order chi connectivity index (χ1) is 9.84. The van der Waals surface area contributed by atoms with Gasteiger partial charge in [-0.1, -0.05) is 48.5 Å². The third kappa shape index (κ3) is 1.55. The summed E-state index contributed by atoms with van der Waals surface area (Å²) in [5.74, 6) is 0. The molecule has 0 fully saturated rings. The summed E-state index contributed by atoms with van der Waals surface area (Å²) in [6, 6.07) is 23.3. The first-order valence-corrected chi connectivity index (χ1v) is 6.79. The van der Waals surface area contributed by atoms with Crippen LogP contribution < -0.4 is 4.40 Å². The molecule has 0 amide bonds. The summed E-state index contributed by atoms with van der Waals surface area (Å²) >= 11 is 0. The van der Waals surface area contributed by atoms with Crippen LogP contribution in [0.25, 0.3) is 27.8 Å². The highest BCUT2D eigenvalue weighted by molar-refractivity contribution is 5.77. The van der Waals surface area contributed by atoms with E-state index >= 15 is 0 Å². The van der Waals surface area contributed by atoms with Crippen molar-refractivity contribution >= 4 is 16.6 Å². The number of nitrogens with zero attached hydrogens (tertiary/aromatic N) is 2. The summed E-state index contributed by atoms with van der Waals surface area (Å²) in [7, 11) is 2.12. The van der Waals surface area contributed by atoms with Crippen LogP contribution in [0.2, 0.25) is 0 Å². The number of aromatic nitrogens is 2. The quantitative estimate of drug-likeness (QED) is 0.462. The van der Waals surface area contributed by atoms with Crippen LogP contribution in [-0.4, -0.2) is 4.57 Å². The molecule has 2 aromatic heterocycles. The fourth-order valence-electron chi connectivity index (χ4n) is 2.83. The number of rotatable bonds is 1. The zero-order valence-corrected chi connectivity index (χ0v) is 11.3. The summed E-state index contributed by atoms with van der Waals surface area (Å²) < 4.78 is 4.50. The smallest absolute Gasteiger partial charge is 0.226 e. The number of hydrogen-bond acceptors (Lipinski definition) is 0. The van der Waals surface area contributed by atoms with E-state index in [-0.39, 0.29) is 0 Å². The molecular formula is C18H15N2+. The molecule has 2 heteroatoms. The normalized spacial score (nSPS) is 11.2. The summed E-state index contributed by atoms with van der Waals surface area (Å²) in [6.45, 7) is 0. The molecule has 0 bridgehead atoms. The largest absolute Gasteiger partial charge is 0.286 e. The fraction of sp³-hybridized carbons (Fsp3) is 0.0556. The Kier molecular flexibility index (Phi) is 2.36. The number of para-hydroxylation sites is 1. The molecular weight excluding hydrogens is 244 g/mol. The van der Waals surface area contributed by atoms with Crippen LogP contribution in [0.5, 0.6) is 0 Å². The first kappa shape index (κ1) is 11.2. The second-order valence-corrected chi connectivity index (χ2v) is 5.06. The number of imidazole rings is 1. The SMILES string of the molecule is Cn1c(-c2ccccc2)c[n+]2c3ccccc3ccc12. The average molecular weight is 259 g/mol. The van der Waals surface area contributed by atoms with Gasteiger partial charge in [-0.05, 0) is 12.1 Å². The molecule has 0 radical (unpaired) electrons. The molecule has 0 saturated carbocycles. The van der Waals surface area contributed by atoms with Gasteiger partial charge in [-0.15, -0.1) is 0 Å². The maximum Gasteiger partial charge on any atom is 0.286 e. The molecule has 0 atom stereocenters. The molecule has 20 heavy (non-hydrogen) atoms. The molecule has 0 spiro atoms. The van der Waals surface area contributed by atoms with Crippen LogP contribution in [-0.2, 0) is 7.05 Å². The van der Waals surface area contributed by atoms with Gasteiger partial charge in [-0.25, -0.2) is 4.57 Å². The van der Waals surface area contributed by atoms with E-state index in [4.69, 9.17) is 0 Å². The minimum Gasteiger partial charge on any atom is -0.226 e. The Bertz CT molecular complexity index is 905. The van der Waals surface area contributed by atoms with E-state index in [1.54, 1.807) is 0 Å². The lowest BCUT2D eigenvalue weighted by Crippen LogP contribution is -2.20. The summed E-state index contributed by atoms with van der Waals surface area (Å²) in [5, 5.41) is 1.26. The fourth-order valence-corrected chi connectivity index (χ4v) is 2.83. The van der Waals surface area contributed by atoms with Crippen molar-refractivity contribution in [3.8, 4) is 11.3 Å². The van der Waals surface area contributed by atoms with Gasteiger partial charge in [0.1, 0.15) is 11.7 Å². The van der Waals surface area contributed by atoms with Gasteiger partial charge in [0.05, 0.1) is 7.05 Å². The van der Waals surface area contributed by atoms with Crippen LogP contribution in [0.15, 0.2) is 72.9 Å². The third-order valence-electron chi connectivity index (χ3n) is 3.88. The van der Waals surface area contributed by atoms with Crippen LogP contribution in [0.3, 0.4) is 0 Å².